The van der Waals surface area contributed by atoms with Crippen LogP contribution in [0.25, 0.3) is 0 Å². The van der Waals surface area contributed by atoms with E-state index >= 15 is 0 Å². The second-order valence-electron chi connectivity index (χ2n) is 5.49. The second-order valence-corrected chi connectivity index (χ2v) is 5.49. The summed E-state index contributed by atoms with van der Waals surface area (Å²) in [6, 6.07) is 7.61. The van der Waals surface area contributed by atoms with E-state index < -0.39 is 7.12 Å². The molecule has 1 aromatic rings. The Hall–Kier alpha value is -1.13. The van der Waals surface area contributed by atoms with E-state index in [1.807, 2.05) is 24.3 Å². The molecule has 2 rings (SSSR count). The van der Waals surface area contributed by atoms with E-state index in [1.165, 1.54) is 0 Å². The lowest BCUT2D eigenvalue weighted by molar-refractivity contribution is -0.123. The normalized spacial score (nSPS) is 21.6. The summed E-state index contributed by atoms with van der Waals surface area (Å²) in [5.74, 6) is 0.0192. The Morgan fingerprint density at radius 3 is 2.75 bits per heavy atom. The van der Waals surface area contributed by atoms with E-state index in [-0.39, 0.29) is 17.8 Å². The van der Waals surface area contributed by atoms with Crippen molar-refractivity contribution in [1.29, 1.82) is 0 Å². The molecule has 2 unspecified atom stereocenters. The number of rotatable bonds is 6. The first-order valence-electron chi connectivity index (χ1n) is 7.64. The molecule has 0 saturated carbocycles. The Labute approximate surface area is 121 Å². The van der Waals surface area contributed by atoms with E-state index in [4.69, 9.17) is 4.65 Å². The monoisotopic (exact) mass is 274 g/mol. The number of unbranched alkanes of at least 4 members (excludes halogenated alkanes) is 1. The lowest BCUT2D eigenvalue weighted by Crippen LogP contribution is -2.49. The molecule has 1 aliphatic rings. The van der Waals surface area contributed by atoms with Gasteiger partial charge < -0.3 is 9.68 Å². The number of Topliss-reactive ketones (excluding diaryl/α,β-unsaturated/α-hetero) is 1. The largest absolute Gasteiger partial charge is 0.491 e. The van der Waals surface area contributed by atoms with Gasteiger partial charge in [0.2, 0.25) is 0 Å². The fraction of sp³-hybridized carbons (Fsp3) is 0.562. The second kappa shape index (κ2) is 7.05. The molecule has 0 aliphatic carbocycles. The number of carbonyl (C=O) groups excluding carboxylic acids is 1. The number of fused-ring (bicyclic) bond motifs is 1. The molecule has 3 nitrogen and oxygen atoms in total. The van der Waals surface area contributed by atoms with E-state index in [9.17, 15) is 9.82 Å². The predicted molar refractivity (Wildman–Crippen MR) is 81.1 cm³/mol. The van der Waals surface area contributed by atoms with Crippen molar-refractivity contribution in [1.82, 2.24) is 0 Å². The van der Waals surface area contributed by atoms with Gasteiger partial charge in [0.1, 0.15) is 5.78 Å². The molecule has 0 amide bonds. The molecule has 1 heterocycles. The Morgan fingerprint density at radius 2 is 2.05 bits per heavy atom. The van der Waals surface area contributed by atoms with Gasteiger partial charge in [-0.05, 0) is 23.9 Å². The lowest BCUT2D eigenvalue weighted by atomic mass is 9.67. The lowest BCUT2D eigenvalue weighted by Gasteiger charge is -2.34. The van der Waals surface area contributed by atoms with Crippen LogP contribution in [0.15, 0.2) is 24.3 Å². The van der Waals surface area contributed by atoms with Gasteiger partial charge in [0.15, 0.2) is 0 Å². The molecule has 2 atom stereocenters. The van der Waals surface area contributed by atoms with Gasteiger partial charge >= 0.3 is 7.12 Å². The molecule has 0 bridgehead atoms. The van der Waals surface area contributed by atoms with Crippen molar-refractivity contribution in [2.45, 2.75) is 58.0 Å². The fourth-order valence-corrected chi connectivity index (χ4v) is 2.94. The Balaban J connectivity index is 2.31. The zero-order chi connectivity index (χ0) is 14.5. The summed E-state index contributed by atoms with van der Waals surface area (Å²) < 4.78 is 5.70. The van der Waals surface area contributed by atoms with Crippen LogP contribution < -0.4 is 5.46 Å². The van der Waals surface area contributed by atoms with Crippen molar-refractivity contribution in [3.8, 4) is 0 Å². The van der Waals surface area contributed by atoms with Gasteiger partial charge in [0.25, 0.3) is 0 Å². The third kappa shape index (κ3) is 3.13. The number of hydrogen-bond acceptors (Lipinski definition) is 3. The molecule has 108 valence electrons. The SMILES string of the molecule is CCCCC(=O)C1c2ccccc2B(O)OC1CCC. The van der Waals surface area contributed by atoms with Crippen LogP contribution in [0.2, 0.25) is 0 Å². The maximum absolute atomic E-state index is 12.5. The maximum atomic E-state index is 12.5. The summed E-state index contributed by atoms with van der Waals surface area (Å²) in [6.07, 6.45) is 4.07. The maximum Gasteiger partial charge on any atom is 0.491 e. The summed E-state index contributed by atoms with van der Waals surface area (Å²) in [7, 11) is -0.905. The Morgan fingerprint density at radius 1 is 1.30 bits per heavy atom. The summed E-state index contributed by atoms with van der Waals surface area (Å²) in [5, 5.41) is 10.1. The summed E-state index contributed by atoms with van der Waals surface area (Å²) in [6.45, 7) is 4.16. The van der Waals surface area contributed by atoms with Gasteiger partial charge in [-0.25, -0.2) is 0 Å². The molecule has 1 N–H and O–H groups in total. The highest BCUT2D eigenvalue weighted by atomic mass is 16.5. The van der Waals surface area contributed by atoms with Crippen LogP contribution in [0.1, 0.15) is 57.4 Å². The highest BCUT2D eigenvalue weighted by molar-refractivity contribution is 6.61. The van der Waals surface area contributed by atoms with Crippen molar-refractivity contribution < 1.29 is 14.5 Å². The van der Waals surface area contributed by atoms with Gasteiger partial charge in [-0.3, -0.25) is 4.79 Å². The molecule has 20 heavy (non-hydrogen) atoms. The zero-order valence-corrected chi connectivity index (χ0v) is 12.3. The van der Waals surface area contributed by atoms with Crippen LogP contribution in [0.3, 0.4) is 0 Å². The van der Waals surface area contributed by atoms with E-state index in [0.717, 1.165) is 36.7 Å². The average molecular weight is 274 g/mol. The highest BCUT2D eigenvalue weighted by Crippen LogP contribution is 2.31. The topological polar surface area (TPSA) is 46.5 Å². The predicted octanol–water partition coefficient (Wildman–Crippen LogP) is 2.42. The van der Waals surface area contributed by atoms with Gasteiger partial charge in [0.05, 0.1) is 12.0 Å². The number of ketones is 1. The highest BCUT2D eigenvalue weighted by Gasteiger charge is 2.40. The Kier molecular flexibility index (Phi) is 5.38. The minimum atomic E-state index is -0.905. The molecule has 0 saturated heterocycles. The van der Waals surface area contributed by atoms with Crippen LogP contribution in [-0.2, 0) is 9.45 Å². The van der Waals surface area contributed by atoms with Crippen molar-refractivity contribution >= 4 is 18.4 Å². The third-order valence-electron chi connectivity index (χ3n) is 3.97. The standard InChI is InChI=1S/C16H23BO3/c1-3-5-11-14(18)16-12-9-6-7-10-13(12)17(19)20-15(16)8-4-2/h6-7,9-10,15-16,19H,3-5,8,11H2,1-2H3. The summed E-state index contributed by atoms with van der Waals surface area (Å²) >= 11 is 0. The van der Waals surface area contributed by atoms with E-state index in [0.29, 0.717) is 6.42 Å². The Bertz CT molecular complexity index is 461. The quantitative estimate of drug-likeness (QED) is 0.810. The van der Waals surface area contributed by atoms with Crippen molar-refractivity contribution in [3.63, 3.8) is 0 Å². The average Bonchev–Trinajstić information content (AvgIpc) is 2.45. The zero-order valence-electron chi connectivity index (χ0n) is 12.3. The van der Waals surface area contributed by atoms with Crippen molar-refractivity contribution in [3.05, 3.63) is 29.8 Å². The number of carbonyl (C=O) groups is 1. The minimum absolute atomic E-state index is 0.200. The molecule has 0 spiro atoms. The van der Waals surface area contributed by atoms with Crippen LogP contribution in [0.5, 0.6) is 0 Å². The summed E-state index contributed by atoms with van der Waals surface area (Å²) in [5.41, 5.74) is 1.69. The molecule has 4 heteroatoms. The van der Waals surface area contributed by atoms with Crippen LogP contribution >= 0.6 is 0 Å². The number of hydrogen-bond donors (Lipinski definition) is 1. The fourth-order valence-electron chi connectivity index (χ4n) is 2.94. The van der Waals surface area contributed by atoms with Crippen molar-refractivity contribution in [2.75, 3.05) is 0 Å². The first kappa shape index (κ1) is 15.3. The molecular weight excluding hydrogens is 251 g/mol. The molecule has 0 radical (unpaired) electrons. The van der Waals surface area contributed by atoms with Crippen LogP contribution in [0.4, 0.5) is 0 Å². The van der Waals surface area contributed by atoms with E-state index in [1.54, 1.807) is 0 Å². The molecule has 1 aliphatic heterocycles. The molecular formula is C16H23BO3. The minimum Gasteiger partial charge on any atom is -0.423 e. The molecule has 0 fully saturated rings. The van der Waals surface area contributed by atoms with Crippen molar-refractivity contribution in [2.24, 2.45) is 0 Å². The van der Waals surface area contributed by atoms with Gasteiger partial charge in [-0.15, -0.1) is 0 Å². The van der Waals surface area contributed by atoms with Gasteiger partial charge in [-0.1, -0.05) is 51.0 Å². The van der Waals surface area contributed by atoms with Crippen LogP contribution in [0, 0.1) is 0 Å². The number of benzene rings is 1. The first-order chi connectivity index (χ1) is 9.69. The smallest absolute Gasteiger partial charge is 0.423 e. The summed E-state index contributed by atoms with van der Waals surface area (Å²) in [4.78, 5) is 12.5. The molecule has 0 aromatic heterocycles. The first-order valence-corrected chi connectivity index (χ1v) is 7.64. The van der Waals surface area contributed by atoms with Gasteiger partial charge in [0, 0.05) is 6.42 Å². The third-order valence-corrected chi connectivity index (χ3v) is 3.97. The molecule has 1 aromatic carbocycles. The van der Waals surface area contributed by atoms with Gasteiger partial charge in [-0.2, -0.15) is 0 Å². The van der Waals surface area contributed by atoms with E-state index in [2.05, 4.69) is 13.8 Å². The van der Waals surface area contributed by atoms with Crippen LogP contribution in [-0.4, -0.2) is 24.0 Å².